The maximum absolute atomic E-state index is 12.4. The fourth-order valence-electron chi connectivity index (χ4n) is 4.62. The van der Waals surface area contributed by atoms with E-state index in [0.29, 0.717) is 13.0 Å². The molecule has 0 saturated carbocycles. The highest BCUT2D eigenvalue weighted by atomic mass is 16.6. The summed E-state index contributed by atoms with van der Waals surface area (Å²) in [6.07, 6.45) is 24.3. The largest absolute Gasteiger partial charge is 0.463 e. The van der Waals surface area contributed by atoms with Gasteiger partial charge in [0.05, 0.1) is 31.6 Å². The molecule has 0 aliphatic heterocycles. The Kier molecular flexibility index (Phi) is 28.2. The Morgan fingerprint density at radius 3 is 1.61 bits per heavy atom. The van der Waals surface area contributed by atoms with E-state index >= 15 is 0 Å². The van der Waals surface area contributed by atoms with E-state index in [2.05, 4.69) is 12.2 Å². The number of carbonyl (C=O) groups excluding carboxylic acids is 3. The number of methoxy groups -OCH3 is 1. The Morgan fingerprint density at radius 1 is 0.683 bits per heavy atom. The van der Waals surface area contributed by atoms with E-state index in [1.54, 1.807) is 19.1 Å². The lowest BCUT2D eigenvalue weighted by atomic mass is 10.0. The minimum atomic E-state index is -0.980. The number of aliphatic hydroxyl groups excluding tert-OH is 1. The van der Waals surface area contributed by atoms with Gasteiger partial charge in [-0.1, -0.05) is 122 Å². The van der Waals surface area contributed by atoms with Crippen LogP contribution in [-0.4, -0.2) is 62.0 Å². The van der Waals surface area contributed by atoms with Gasteiger partial charge >= 0.3 is 11.9 Å². The molecule has 0 spiro atoms. The normalized spacial score (nSPS) is 12.8. The molecule has 2 N–H and O–H groups in total. The summed E-state index contributed by atoms with van der Waals surface area (Å²) in [7, 11) is 1.50. The van der Waals surface area contributed by atoms with Gasteiger partial charge in [0.1, 0.15) is 13.2 Å². The molecule has 0 aromatic rings. The van der Waals surface area contributed by atoms with Crippen LogP contribution in [0.5, 0.6) is 0 Å². The number of hydrogen-bond acceptors (Lipinski definition) is 7. The number of rotatable bonds is 29. The first-order valence-corrected chi connectivity index (χ1v) is 16.3. The molecule has 240 valence electrons. The number of esters is 2. The van der Waals surface area contributed by atoms with Gasteiger partial charge in [-0.05, 0) is 13.3 Å². The molecule has 2 unspecified atom stereocenters. The van der Waals surface area contributed by atoms with Crippen LogP contribution in [0, 0.1) is 0 Å². The number of amides is 1. The maximum atomic E-state index is 12.4. The van der Waals surface area contributed by atoms with Crippen molar-refractivity contribution in [3.63, 3.8) is 0 Å². The second kappa shape index (κ2) is 29.6. The molecule has 0 rings (SSSR count). The molecule has 0 radical (unpaired) electrons. The van der Waals surface area contributed by atoms with Gasteiger partial charge < -0.3 is 24.6 Å². The highest BCUT2D eigenvalue weighted by Crippen LogP contribution is 2.14. The Morgan fingerprint density at radius 2 is 1.15 bits per heavy atom. The average Bonchev–Trinajstić information content (AvgIpc) is 2.96. The monoisotopic (exact) mass is 583 g/mol. The Balaban J connectivity index is 3.90. The zero-order valence-corrected chi connectivity index (χ0v) is 26.5. The van der Waals surface area contributed by atoms with Crippen molar-refractivity contribution in [1.82, 2.24) is 5.32 Å². The Hall–Kier alpha value is -1.93. The van der Waals surface area contributed by atoms with Crippen LogP contribution in [-0.2, 0) is 28.6 Å². The summed E-state index contributed by atoms with van der Waals surface area (Å²) >= 11 is 0. The third-order valence-corrected chi connectivity index (χ3v) is 7.16. The van der Waals surface area contributed by atoms with Crippen LogP contribution in [0.4, 0.5) is 0 Å². The van der Waals surface area contributed by atoms with Crippen molar-refractivity contribution in [3.05, 3.63) is 12.2 Å². The van der Waals surface area contributed by atoms with E-state index in [4.69, 9.17) is 14.2 Å². The molecule has 0 aliphatic carbocycles. The molecule has 0 aromatic carbocycles. The summed E-state index contributed by atoms with van der Waals surface area (Å²) in [4.78, 5) is 36.1. The van der Waals surface area contributed by atoms with Gasteiger partial charge in [-0.15, -0.1) is 0 Å². The summed E-state index contributed by atoms with van der Waals surface area (Å²) in [6, 6.07) is -0.748. The van der Waals surface area contributed by atoms with Crippen molar-refractivity contribution in [2.24, 2.45) is 0 Å². The van der Waals surface area contributed by atoms with E-state index < -0.39 is 24.1 Å². The predicted molar refractivity (Wildman–Crippen MR) is 165 cm³/mol. The highest BCUT2D eigenvalue weighted by Gasteiger charge is 2.21. The van der Waals surface area contributed by atoms with E-state index in [1.807, 2.05) is 0 Å². The number of ether oxygens (including phenoxy) is 3. The fourth-order valence-corrected chi connectivity index (χ4v) is 4.62. The van der Waals surface area contributed by atoms with Crippen LogP contribution in [0.15, 0.2) is 12.2 Å². The maximum Gasteiger partial charge on any atom is 0.306 e. The number of allylic oxidation sites excluding steroid dienone is 1. The van der Waals surface area contributed by atoms with Crippen molar-refractivity contribution in [1.29, 1.82) is 0 Å². The van der Waals surface area contributed by atoms with Crippen LogP contribution in [0.1, 0.15) is 142 Å². The number of unbranched alkanes of at least 4 members (excludes halogenated alkanes) is 16. The zero-order valence-electron chi connectivity index (χ0n) is 26.5. The van der Waals surface area contributed by atoms with Gasteiger partial charge in [0, 0.05) is 13.5 Å². The molecule has 8 nitrogen and oxygen atoms in total. The molecule has 0 bridgehead atoms. The van der Waals surface area contributed by atoms with Crippen molar-refractivity contribution in [3.8, 4) is 0 Å². The van der Waals surface area contributed by atoms with Crippen LogP contribution < -0.4 is 5.32 Å². The standard InChI is InChI=1S/C33H61NO7/c1-4-6-7-8-9-10-11-12-13-14-15-16-17-18-19-20-21-23-31(36)34-29(30(35)22-5-2)28-41-33(38)25-24-32(37)40-27-26-39-3/h5,22,29-30,35H,4,6-21,23-28H2,1-3H3,(H,34,36)/b22-5+. The average molecular weight is 584 g/mol. The molecule has 0 aliphatic rings. The van der Waals surface area contributed by atoms with E-state index in [-0.39, 0.29) is 32.0 Å². The lowest BCUT2D eigenvalue weighted by molar-refractivity contribution is -0.151. The first-order valence-electron chi connectivity index (χ1n) is 16.3. The minimum Gasteiger partial charge on any atom is -0.463 e. The second-order valence-electron chi connectivity index (χ2n) is 11.0. The molecule has 0 saturated heterocycles. The van der Waals surface area contributed by atoms with Gasteiger partial charge in [0.25, 0.3) is 0 Å². The molecule has 0 fully saturated rings. The van der Waals surface area contributed by atoms with Gasteiger partial charge in [-0.2, -0.15) is 0 Å². The van der Waals surface area contributed by atoms with Crippen molar-refractivity contribution >= 4 is 17.8 Å². The predicted octanol–water partition coefficient (Wildman–Crippen LogP) is 6.96. The van der Waals surface area contributed by atoms with Crippen LogP contribution in [0.3, 0.4) is 0 Å². The second-order valence-corrected chi connectivity index (χ2v) is 11.0. The first kappa shape index (κ1) is 39.1. The molecular weight excluding hydrogens is 522 g/mol. The smallest absolute Gasteiger partial charge is 0.306 e. The van der Waals surface area contributed by atoms with E-state index in [1.165, 1.54) is 97.0 Å². The van der Waals surface area contributed by atoms with E-state index in [9.17, 15) is 19.5 Å². The van der Waals surface area contributed by atoms with Crippen LogP contribution >= 0.6 is 0 Å². The summed E-state index contributed by atoms with van der Waals surface area (Å²) < 4.78 is 14.9. The van der Waals surface area contributed by atoms with E-state index in [0.717, 1.165) is 19.3 Å². The van der Waals surface area contributed by atoms with Gasteiger partial charge in [-0.25, -0.2) is 0 Å². The molecule has 0 heterocycles. The SMILES string of the molecule is C/C=C/C(O)C(COC(=O)CCC(=O)OCCOC)NC(=O)CCCCCCCCCCCCCCCCCCC. The van der Waals surface area contributed by atoms with Crippen molar-refractivity contribution < 1.29 is 33.7 Å². The molecule has 2 atom stereocenters. The minimum absolute atomic E-state index is 0.101. The lowest BCUT2D eigenvalue weighted by Gasteiger charge is -2.22. The quantitative estimate of drug-likeness (QED) is 0.0556. The summed E-state index contributed by atoms with van der Waals surface area (Å²) in [5, 5.41) is 13.1. The van der Waals surface area contributed by atoms with Crippen LogP contribution in [0.25, 0.3) is 0 Å². The topological polar surface area (TPSA) is 111 Å². The number of aliphatic hydroxyl groups is 1. The third-order valence-electron chi connectivity index (χ3n) is 7.16. The first-order chi connectivity index (χ1) is 19.9. The number of carbonyl (C=O) groups is 3. The van der Waals surface area contributed by atoms with Gasteiger partial charge in [-0.3, -0.25) is 14.4 Å². The molecule has 8 heteroatoms. The fraction of sp³-hybridized carbons (Fsp3) is 0.848. The Bertz CT molecular complexity index is 668. The summed E-state index contributed by atoms with van der Waals surface area (Å²) in [6.45, 7) is 4.28. The lowest BCUT2D eigenvalue weighted by Crippen LogP contribution is -2.46. The Labute approximate surface area is 250 Å². The number of hydrogen-bond donors (Lipinski definition) is 2. The zero-order chi connectivity index (χ0) is 30.4. The van der Waals surface area contributed by atoms with Crippen molar-refractivity contribution in [2.75, 3.05) is 26.9 Å². The number of nitrogens with one attached hydrogen (secondary N) is 1. The molecular formula is C33H61NO7. The highest BCUT2D eigenvalue weighted by molar-refractivity contribution is 5.78. The van der Waals surface area contributed by atoms with Crippen molar-refractivity contribution in [2.45, 2.75) is 154 Å². The third kappa shape index (κ3) is 26.7. The summed E-state index contributed by atoms with van der Waals surface area (Å²) in [5.41, 5.74) is 0. The molecule has 1 amide bonds. The van der Waals surface area contributed by atoms with Gasteiger partial charge in [0.2, 0.25) is 5.91 Å². The summed E-state index contributed by atoms with van der Waals surface area (Å²) in [5.74, 6) is -1.27. The van der Waals surface area contributed by atoms with Crippen LogP contribution in [0.2, 0.25) is 0 Å². The van der Waals surface area contributed by atoms with Gasteiger partial charge in [0.15, 0.2) is 0 Å². The molecule has 0 aromatic heterocycles. The molecule has 41 heavy (non-hydrogen) atoms.